The third kappa shape index (κ3) is 6.04. The lowest BCUT2D eigenvalue weighted by Crippen LogP contribution is -2.38. The smallest absolute Gasteiger partial charge is 0.255 e. The molecule has 1 amide bonds. The maximum absolute atomic E-state index is 12.8. The van der Waals surface area contributed by atoms with Gasteiger partial charge in [0.2, 0.25) is 0 Å². The minimum absolute atomic E-state index is 0.138. The van der Waals surface area contributed by atoms with Crippen LogP contribution in [0, 0.1) is 5.41 Å². The molecule has 1 saturated heterocycles. The van der Waals surface area contributed by atoms with Crippen LogP contribution in [-0.4, -0.2) is 23.9 Å². The standard InChI is InChI=1S/C28H35N3OS/c1-3-4-13-28(2)14-16-31(17-15-28)20-21-7-9-22(10-8-21)27(32)30-25-19-23(11-12-24(25)29)26-6-5-18-33-26/h5-12,18-19H,3-4,13-17,20,29H2,1-2H3,(H,30,32). The Bertz CT molecular complexity index is 1050. The number of thiophene rings is 1. The van der Waals surface area contributed by atoms with E-state index < -0.39 is 0 Å². The zero-order valence-corrected chi connectivity index (χ0v) is 20.6. The lowest BCUT2D eigenvalue weighted by Gasteiger charge is -2.39. The largest absolute Gasteiger partial charge is 0.397 e. The third-order valence-corrected chi connectivity index (χ3v) is 7.85. The Labute approximate surface area is 201 Å². The van der Waals surface area contributed by atoms with Crippen molar-refractivity contribution in [2.45, 2.75) is 52.5 Å². The second kappa shape index (κ2) is 10.5. The molecule has 4 rings (SSSR count). The number of rotatable bonds is 8. The molecule has 0 atom stereocenters. The van der Waals surface area contributed by atoms with Crippen LogP contribution < -0.4 is 11.1 Å². The zero-order chi connectivity index (χ0) is 23.3. The number of nitrogens with zero attached hydrogens (tertiary/aromatic N) is 1. The van der Waals surface area contributed by atoms with Crippen LogP contribution in [0.1, 0.15) is 61.9 Å². The van der Waals surface area contributed by atoms with Crippen molar-refractivity contribution in [3.8, 4) is 10.4 Å². The number of hydrogen-bond acceptors (Lipinski definition) is 4. The quantitative estimate of drug-likeness (QED) is 0.354. The van der Waals surface area contributed by atoms with Gasteiger partial charge in [-0.3, -0.25) is 9.69 Å². The number of carbonyl (C=O) groups excluding carboxylic acids is 1. The highest BCUT2D eigenvalue weighted by Crippen LogP contribution is 2.36. The van der Waals surface area contributed by atoms with Crippen LogP contribution in [0.25, 0.3) is 10.4 Å². The van der Waals surface area contributed by atoms with Crippen molar-refractivity contribution in [2.75, 3.05) is 24.1 Å². The van der Waals surface area contributed by atoms with E-state index in [0.29, 0.717) is 22.4 Å². The highest BCUT2D eigenvalue weighted by Gasteiger charge is 2.29. The molecule has 1 aromatic heterocycles. The molecule has 4 nitrogen and oxygen atoms in total. The van der Waals surface area contributed by atoms with Gasteiger partial charge in [-0.05, 0) is 84.6 Å². The number of nitrogen functional groups attached to an aromatic ring is 1. The molecule has 0 spiro atoms. The Kier molecular flexibility index (Phi) is 7.51. The minimum atomic E-state index is -0.138. The molecular formula is C28H35N3OS. The summed E-state index contributed by atoms with van der Waals surface area (Å²) in [5.41, 5.74) is 10.8. The van der Waals surface area contributed by atoms with E-state index in [1.807, 2.05) is 41.8 Å². The SMILES string of the molecule is CCCCC1(C)CCN(Cc2ccc(C(=O)Nc3cc(-c4cccs4)ccc3N)cc2)CC1. The van der Waals surface area contributed by atoms with Gasteiger partial charge in [-0.25, -0.2) is 0 Å². The average molecular weight is 462 g/mol. The highest BCUT2D eigenvalue weighted by molar-refractivity contribution is 7.13. The van der Waals surface area contributed by atoms with E-state index in [9.17, 15) is 4.79 Å². The number of unbranched alkanes of at least 4 members (excludes halogenated alkanes) is 1. The monoisotopic (exact) mass is 461 g/mol. The summed E-state index contributed by atoms with van der Waals surface area (Å²) < 4.78 is 0. The van der Waals surface area contributed by atoms with Gasteiger partial charge in [-0.15, -0.1) is 11.3 Å². The Hall–Kier alpha value is -2.63. The van der Waals surface area contributed by atoms with Gasteiger partial charge in [0, 0.05) is 17.0 Å². The van der Waals surface area contributed by atoms with Crippen molar-refractivity contribution in [3.63, 3.8) is 0 Å². The first kappa shape index (κ1) is 23.5. The van der Waals surface area contributed by atoms with Gasteiger partial charge in [-0.2, -0.15) is 0 Å². The van der Waals surface area contributed by atoms with Gasteiger partial charge in [0.25, 0.3) is 5.91 Å². The molecule has 0 bridgehead atoms. The molecule has 3 N–H and O–H groups in total. The van der Waals surface area contributed by atoms with Crippen molar-refractivity contribution in [2.24, 2.45) is 5.41 Å². The Morgan fingerprint density at radius 2 is 1.88 bits per heavy atom. The highest BCUT2D eigenvalue weighted by atomic mass is 32.1. The molecule has 0 unspecified atom stereocenters. The fourth-order valence-corrected chi connectivity index (χ4v) is 5.30. The molecule has 2 aromatic carbocycles. The number of benzene rings is 2. The number of nitrogens with one attached hydrogen (secondary N) is 1. The summed E-state index contributed by atoms with van der Waals surface area (Å²) in [5.74, 6) is -0.138. The summed E-state index contributed by atoms with van der Waals surface area (Å²) in [7, 11) is 0. The topological polar surface area (TPSA) is 58.4 Å². The number of piperidine rings is 1. The lowest BCUT2D eigenvalue weighted by atomic mass is 9.76. The third-order valence-electron chi connectivity index (χ3n) is 6.93. The van der Waals surface area contributed by atoms with E-state index in [4.69, 9.17) is 5.73 Å². The molecule has 1 aliphatic heterocycles. The Morgan fingerprint density at radius 3 is 2.55 bits per heavy atom. The summed E-state index contributed by atoms with van der Waals surface area (Å²) in [6.45, 7) is 7.99. The first-order valence-corrected chi connectivity index (χ1v) is 12.9. The summed E-state index contributed by atoms with van der Waals surface area (Å²) in [4.78, 5) is 16.5. The first-order valence-electron chi connectivity index (χ1n) is 12.0. The second-order valence-corrected chi connectivity index (χ2v) is 10.6. The normalized spacial score (nSPS) is 15.9. The van der Waals surface area contributed by atoms with E-state index >= 15 is 0 Å². The fourth-order valence-electron chi connectivity index (χ4n) is 4.58. The molecule has 33 heavy (non-hydrogen) atoms. The van der Waals surface area contributed by atoms with Gasteiger partial charge in [0.1, 0.15) is 0 Å². The molecule has 2 heterocycles. The predicted octanol–water partition coefficient (Wildman–Crippen LogP) is 7.04. The first-order chi connectivity index (χ1) is 16.0. The fraction of sp³-hybridized carbons (Fsp3) is 0.393. The lowest BCUT2D eigenvalue weighted by molar-refractivity contribution is 0.102. The average Bonchev–Trinajstić information content (AvgIpc) is 3.36. The van der Waals surface area contributed by atoms with Gasteiger partial charge < -0.3 is 11.1 Å². The number of anilines is 2. The van der Waals surface area contributed by atoms with E-state index in [-0.39, 0.29) is 5.91 Å². The minimum Gasteiger partial charge on any atom is -0.397 e. The second-order valence-electron chi connectivity index (χ2n) is 9.62. The number of hydrogen-bond donors (Lipinski definition) is 2. The van der Waals surface area contributed by atoms with Crippen molar-refractivity contribution in [1.29, 1.82) is 0 Å². The zero-order valence-electron chi connectivity index (χ0n) is 19.8. The van der Waals surface area contributed by atoms with Crippen LogP contribution in [0.5, 0.6) is 0 Å². The summed E-state index contributed by atoms with van der Waals surface area (Å²) in [6, 6.07) is 17.8. The van der Waals surface area contributed by atoms with Crippen molar-refractivity contribution < 1.29 is 4.79 Å². The molecule has 1 fully saturated rings. The van der Waals surface area contributed by atoms with Crippen molar-refractivity contribution in [1.82, 2.24) is 4.90 Å². The molecule has 174 valence electrons. The van der Waals surface area contributed by atoms with Crippen LogP contribution in [-0.2, 0) is 6.54 Å². The van der Waals surface area contributed by atoms with Crippen molar-refractivity contribution in [3.05, 3.63) is 71.1 Å². The van der Waals surface area contributed by atoms with E-state index in [0.717, 1.165) is 30.1 Å². The number of carbonyl (C=O) groups is 1. The maximum Gasteiger partial charge on any atom is 0.255 e. The molecule has 0 radical (unpaired) electrons. The van der Waals surface area contributed by atoms with Crippen LogP contribution in [0.3, 0.4) is 0 Å². The van der Waals surface area contributed by atoms with Gasteiger partial charge >= 0.3 is 0 Å². The Morgan fingerprint density at radius 1 is 1.12 bits per heavy atom. The number of nitrogens with two attached hydrogens (primary N) is 1. The van der Waals surface area contributed by atoms with Gasteiger partial charge in [0.05, 0.1) is 11.4 Å². The molecule has 0 saturated carbocycles. The molecule has 1 aliphatic rings. The van der Waals surface area contributed by atoms with Gasteiger partial charge in [0.15, 0.2) is 0 Å². The Balaban J connectivity index is 1.34. The predicted molar refractivity (Wildman–Crippen MR) is 141 cm³/mol. The number of likely N-dealkylation sites (tertiary alicyclic amines) is 1. The molecule has 5 heteroatoms. The number of amides is 1. The van der Waals surface area contributed by atoms with Crippen LogP contribution in [0.2, 0.25) is 0 Å². The van der Waals surface area contributed by atoms with Crippen LogP contribution in [0.15, 0.2) is 60.0 Å². The molecule has 3 aromatic rings. The summed E-state index contributed by atoms with van der Waals surface area (Å²) >= 11 is 1.67. The van der Waals surface area contributed by atoms with E-state index in [2.05, 4.69) is 42.3 Å². The summed E-state index contributed by atoms with van der Waals surface area (Å²) in [6.07, 6.45) is 6.52. The molecule has 0 aliphatic carbocycles. The maximum atomic E-state index is 12.8. The van der Waals surface area contributed by atoms with E-state index in [1.54, 1.807) is 11.3 Å². The van der Waals surface area contributed by atoms with Crippen LogP contribution >= 0.6 is 11.3 Å². The summed E-state index contributed by atoms with van der Waals surface area (Å²) in [5, 5.41) is 5.03. The van der Waals surface area contributed by atoms with E-state index in [1.165, 1.54) is 37.7 Å². The molecular weight excluding hydrogens is 426 g/mol. The van der Waals surface area contributed by atoms with Crippen molar-refractivity contribution >= 4 is 28.6 Å². The van der Waals surface area contributed by atoms with Crippen LogP contribution in [0.4, 0.5) is 11.4 Å². The van der Waals surface area contributed by atoms with Gasteiger partial charge in [-0.1, -0.05) is 51.0 Å².